The number of carbonyl (C=O) groups excluding carboxylic acids is 1. The van der Waals surface area contributed by atoms with E-state index in [0.717, 1.165) is 31.5 Å². The lowest BCUT2D eigenvalue weighted by Crippen LogP contribution is -2.46. The molecule has 1 heterocycles. The molecule has 0 bridgehead atoms. The topological polar surface area (TPSA) is 55.6 Å². The molecule has 4 nitrogen and oxygen atoms in total. The summed E-state index contributed by atoms with van der Waals surface area (Å²) >= 11 is 6.05. The number of hydrogen-bond acceptors (Lipinski definition) is 3. The Morgan fingerprint density at radius 2 is 2.29 bits per heavy atom. The van der Waals surface area contributed by atoms with Gasteiger partial charge in [-0.3, -0.25) is 4.79 Å². The predicted octanol–water partition coefficient (Wildman–Crippen LogP) is 2.44. The van der Waals surface area contributed by atoms with Gasteiger partial charge in [0.1, 0.15) is 6.61 Å². The van der Waals surface area contributed by atoms with Gasteiger partial charge in [-0.2, -0.15) is 0 Å². The number of likely N-dealkylation sites (tertiary alicyclic amines) is 1. The minimum Gasteiger partial charge on any atom is -0.367 e. The summed E-state index contributed by atoms with van der Waals surface area (Å²) in [5, 5.41) is 0.667. The van der Waals surface area contributed by atoms with Gasteiger partial charge in [-0.1, -0.05) is 29.8 Å². The highest BCUT2D eigenvalue weighted by molar-refractivity contribution is 6.31. The fourth-order valence-corrected chi connectivity index (χ4v) is 2.81. The minimum atomic E-state index is 0.0346. The van der Waals surface area contributed by atoms with E-state index in [4.69, 9.17) is 22.1 Å². The van der Waals surface area contributed by atoms with Gasteiger partial charge in [-0.25, -0.2) is 0 Å². The van der Waals surface area contributed by atoms with Crippen LogP contribution in [0.4, 0.5) is 0 Å². The first-order chi connectivity index (χ1) is 10.1. The standard InChI is InChI=1S/C16H23ClN2O2/c1-12(18)13-6-4-8-19(9-13)16(20)11-21-10-14-5-2-3-7-15(14)17/h2-3,5,7,12-13H,4,6,8-11,18H2,1H3/t12-,13+/m1/s1. The van der Waals surface area contributed by atoms with Gasteiger partial charge in [0.15, 0.2) is 0 Å². The van der Waals surface area contributed by atoms with E-state index in [1.807, 2.05) is 36.1 Å². The Morgan fingerprint density at radius 3 is 3.00 bits per heavy atom. The summed E-state index contributed by atoms with van der Waals surface area (Å²) in [5.41, 5.74) is 6.84. The first kappa shape index (κ1) is 16.3. The van der Waals surface area contributed by atoms with E-state index in [9.17, 15) is 4.79 Å². The highest BCUT2D eigenvalue weighted by atomic mass is 35.5. The molecule has 0 aliphatic carbocycles. The number of carbonyl (C=O) groups is 1. The summed E-state index contributed by atoms with van der Waals surface area (Å²) in [6, 6.07) is 7.63. The molecule has 1 aromatic carbocycles. The second-order valence-corrected chi connectivity index (χ2v) is 6.09. The molecule has 0 spiro atoms. The smallest absolute Gasteiger partial charge is 0.248 e. The summed E-state index contributed by atoms with van der Waals surface area (Å²) in [5.74, 6) is 0.429. The lowest BCUT2D eigenvalue weighted by Gasteiger charge is -2.34. The lowest BCUT2D eigenvalue weighted by atomic mass is 9.92. The van der Waals surface area contributed by atoms with Gasteiger partial charge in [0.05, 0.1) is 6.61 Å². The van der Waals surface area contributed by atoms with Crippen molar-refractivity contribution in [1.29, 1.82) is 0 Å². The van der Waals surface area contributed by atoms with Crippen LogP contribution in [0.15, 0.2) is 24.3 Å². The molecule has 1 aromatic rings. The van der Waals surface area contributed by atoms with E-state index in [1.165, 1.54) is 0 Å². The zero-order valence-corrected chi connectivity index (χ0v) is 13.2. The van der Waals surface area contributed by atoms with Gasteiger partial charge in [-0.05, 0) is 37.3 Å². The molecule has 116 valence electrons. The number of nitrogens with zero attached hydrogens (tertiary/aromatic N) is 1. The fraction of sp³-hybridized carbons (Fsp3) is 0.562. The van der Waals surface area contributed by atoms with E-state index in [1.54, 1.807) is 0 Å². The maximum atomic E-state index is 12.2. The summed E-state index contributed by atoms with van der Waals surface area (Å²) in [4.78, 5) is 14.0. The zero-order valence-electron chi connectivity index (χ0n) is 12.4. The number of halogens is 1. The third-order valence-corrected chi connectivity index (χ3v) is 4.36. The van der Waals surface area contributed by atoms with Gasteiger partial charge < -0.3 is 15.4 Å². The third-order valence-electron chi connectivity index (χ3n) is 4.00. The van der Waals surface area contributed by atoms with Crippen molar-refractivity contribution in [2.75, 3.05) is 19.7 Å². The van der Waals surface area contributed by atoms with Crippen molar-refractivity contribution < 1.29 is 9.53 Å². The van der Waals surface area contributed by atoms with Gasteiger partial charge in [0.25, 0.3) is 0 Å². The summed E-state index contributed by atoms with van der Waals surface area (Å²) in [6.45, 7) is 4.00. The Kier molecular flexibility index (Phi) is 6.03. The van der Waals surface area contributed by atoms with Crippen LogP contribution in [0.25, 0.3) is 0 Å². The summed E-state index contributed by atoms with van der Waals surface area (Å²) < 4.78 is 5.50. The number of rotatable bonds is 5. The molecule has 2 atom stereocenters. The van der Waals surface area contributed by atoms with Crippen molar-refractivity contribution in [3.05, 3.63) is 34.9 Å². The van der Waals surface area contributed by atoms with E-state index in [0.29, 0.717) is 17.5 Å². The van der Waals surface area contributed by atoms with Gasteiger partial charge in [-0.15, -0.1) is 0 Å². The average molecular weight is 311 g/mol. The first-order valence-electron chi connectivity index (χ1n) is 7.42. The van der Waals surface area contributed by atoms with Gasteiger partial charge >= 0.3 is 0 Å². The maximum absolute atomic E-state index is 12.2. The van der Waals surface area contributed by atoms with Crippen molar-refractivity contribution in [2.45, 2.75) is 32.4 Å². The van der Waals surface area contributed by atoms with Crippen LogP contribution < -0.4 is 5.73 Å². The van der Waals surface area contributed by atoms with Crippen LogP contribution in [-0.4, -0.2) is 36.5 Å². The van der Waals surface area contributed by atoms with E-state index < -0.39 is 0 Å². The highest BCUT2D eigenvalue weighted by Crippen LogP contribution is 2.19. The molecule has 2 N–H and O–H groups in total. The SMILES string of the molecule is C[C@@H](N)[C@H]1CCCN(C(=O)COCc2ccccc2Cl)C1. The third kappa shape index (κ3) is 4.70. The Hall–Kier alpha value is -1.10. The molecule has 1 fully saturated rings. The number of hydrogen-bond donors (Lipinski definition) is 1. The average Bonchev–Trinajstić information content (AvgIpc) is 2.49. The molecule has 1 saturated heterocycles. The molecule has 21 heavy (non-hydrogen) atoms. The summed E-state index contributed by atoms with van der Waals surface area (Å²) in [6.07, 6.45) is 2.12. The molecule has 0 unspecified atom stereocenters. The monoisotopic (exact) mass is 310 g/mol. The Bertz CT molecular complexity index is 479. The number of piperidine rings is 1. The molecule has 1 aliphatic rings. The maximum Gasteiger partial charge on any atom is 0.248 e. The molecule has 1 amide bonds. The molecule has 1 aliphatic heterocycles. The first-order valence-corrected chi connectivity index (χ1v) is 7.80. The van der Waals surface area contributed by atoms with E-state index in [-0.39, 0.29) is 18.6 Å². The molecule has 0 radical (unpaired) electrons. The van der Waals surface area contributed by atoms with Crippen LogP contribution in [0.5, 0.6) is 0 Å². The predicted molar refractivity (Wildman–Crippen MR) is 84.1 cm³/mol. The molecule has 0 aromatic heterocycles. The number of amides is 1. The Morgan fingerprint density at radius 1 is 1.52 bits per heavy atom. The van der Waals surface area contributed by atoms with Gasteiger partial charge in [0, 0.05) is 24.2 Å². The van der Waals surface area contributed by atoms with Crippen molar-refractivity contribution in [1.82, 2.24) is 4.90 Å². The van der Waals surface area contributed by atoms with Crippen LogP contribution in [0.2, 0.25) is 5.02 Å². The van der Waals surface area contributed by atoms with Crippen LogP contribution in [0.1, 0.15) is 25.3 Å². The van der Waals surface area contributed by atoms with Crippen LogP contribution in [0.3, 0.4) is 0 Å². The van der Waals surface area contributed by atoms with E-state index >= 15 is 0 Å². The normalized spacial score (nSPS) is 20.3. The van der Waals surface area contributed by atoms with Crippen molar-refractivity contribution in [2.24, 2.45) is 11.7 Å². The van der Waals surface area contributed by atoms with Crippen LogP contribution in [-0.2, 0) is 16.1 Å². The van der Waals surface area contributed by atoms with Gasteiger partial charge in [0.2, 0.25) is 5.91 Å². The van der Waals surface area contributed by atoms with Crippen molar-refractivity contribution in [3.63, 3.8) is 0 Å². The largest absolute Gasteiger partial charge is 0.367 e. The highest BCUT2D eigenvalue weighted by Gasteiger charge is 2.25. The second-order valence-electron chi connectivity index (χ2n) is 5.69. The fourth-order valence-electron chi connectivity index (χ4n) is 2.62. The quantitative estimate of drug-likeness (QED) is 0.909. The molecule has 0 saturated carbocycles. The molecule has 5 heteroatoms. The minimum absolute atomic E-state index is 0.0346. The Labute approximate surface area is 131 Å². The van der Waals surface area contributed by atoms with E-state index in [2.05, 4.69) is 0 Å². The van der Waals surface area contributed by atoms with Crippen molar-refractivity contribution in [3.8, 4) is 0 Å². The molecular weight excluding hydrogens is 288 g/mol. The molecule has 2 rings (SSSR count). The summed E-state index contributed by atoms with van der Waals surface area (Å²) in [7, 11) is 0. The van der Waals surface area contributed by atoms with Crippen LogP contribution in [0, 0.1) is 5.92 Å². The lowest BCUT2D eigenvalue weighted by molar-refractivity contribution is -0.138. The zero-order chi connectivity index (χ0) is 15.2. The van der Waals surface area contributed by atoms with Crippen molar-refractivity contribution >= 4 is 17.5 Å². The van der Waals surface area contributed by atoms with Crippen LogP contribution >= 0.6 is 11.6 Å². The Balaban J connectivity index is 1.78. The number of ether oxygens (including phenoxy) is 1. The number of benzene rings is 1. The molecular formula is C16H23ClN2O2. The number of nitrogens with two attached hydrogens (primary N) is 1. The second kappa shape index (κ2) is 7.78.